The summed E-state index contributed by atoms with van der Waals surface area (Å²) in [5.41, 5.74) is 0.800. The molecule has 2 atom stereocenters. The molecular weight excluding hydrogens is 242 g/mol. The molecule has 1 aromatic heterocycles. The number of fused-ring (bicyclic) bond motifs is 1. The summed E-state index contributed by atoms with van der Waals surface area (Å²) >= 11 is 0. The number of hydrogen-bond acceptors (Lipinski definition) is 4. The Hall–Kier alpha value is -1.20. The van der Waals surface area contributed by atoms with Crippen molar-refractivity contribution in [2.24, 2.45) is 0 Å². The van der Waals surface area contributed by atoms with Gasteiger partial charge in [0.15, 0.2) is 0 Å². The third-order valence-electron chi connectivity index (χ3n) is 4.01. The van der Waals surface area contributed by atoms with Gasteiger partial charge in [-0.25, -0.2) is 4.98 Å². The average Bonchev–Trinajstić information content (AvgIpc) is 2.85. The number of H-pyrrole nitrogens is 1. The first-order valence-electron chi connectivity index (χ1n) is 7.22. The van der Waals surface area contributed by atoms with Crippen molar-refractivity contribution in [2.45, 2.75) is 44.8 Å². The van der Waals surface area contributed by atoms with E-state index in [0.29, 0.717) is 11.9 Å². The van der Waals surface area contributed by atoms with Crippen LogP contribution in [0.2, 0.25) is 0 Å². The molecule has 19 heavy (non-hydrogen) atoms. The van der Waals surface area contributed by atoms with Crippen LogP contribution in [0.1, 0.15) is 43.8 Å². The minimum absolute atomic E-state index is 0.0689. The highest BCUT2D eigenvalue weighted by Crippen LogP contribution is 2.28. The molecule has 2 unspecified atom stereocenters. The maximum absolute atomic E-state index is 11.7. The molecule has 3 rings (SSSR count). The molecule has 0 spiro atoms. The molecule has 0 saturated carbocycles. The summed E-state index contributed by atoms with van der Waals surface area (Å²) in [6, 6.07) is 2.16. The predicted octanol–water partition coefficient (Wildman–Crippen LogP) is 1.26. The fourth-order valence-electron chi connectivity index (χ4n) is 3.05. The van der Waals surface area contributed by atoms with Gasteiger partial charge < -0.3 is 9.72 Å². The predicted molar refractivity (Wildman–Crippen MR) is 72.1 cm³/mol. The van der Waals surface area contributed by atoms with Crippen LogP contribution in [-0.4, -0.2) is 40.6 Å². The number of hydrogen-bond donors (Lipinski definition) is 1. The number of aromatic amines is 1. The van der Waals surface area contributed by atoms with Gasteiger partial charge in [0.1, 0.15) is 11.9 Å². The second kappa shape index (κ2) is 5.43. The number of morpholine rings is 1. The maximum atomic E-state index is 11.7. The molecule has 5 heteroatoms. The van der Waals surface area contributed by atoms with Crippen LogP contribution in [0, 0.1) is 0 Å². The zero-order valence-electron chi connectivity index (χ0n) is 11.4. The second-order valence-corrected chi connectivity index (χ2v) is 5.48. The van der Waals surface area contributed by atoms with Crippen molar-refractivity contribution in [3.63, 3.8) is 0 Å². The first-order chi connectivity index (χ1) is 9.26. The molecule has 1 N–H and O–H groups in total. The summed E-state index contributed by atoms with van der Waals surface area (Å²) in [6.07, 6.45) is 4.23. The highest BCUT2D eigenvalue weighted by atomic mass is 16.5. The van der Waals surface area contributed by atoms with Gasteiger partial charge in [-0.2, -0.15) is 0 Å². The van der Waals surface area contributed by atoms with Crippen LogP contribution in [0.25, 0.3) is 0 Å². The molecule has 2 aliphatic heterocycles. The Kier molecular flexibility index (Phi) is 3.66. The summed E-state index contributed by atoms with van der Waals surface area (Å²) in [7, 11) is 0. The smallest absolute Gasteiger partial charge is 0.251 e. The van der Waals surface area contributed by atoms with E-state index in [1.54, 1.807) is 6.07 Å². The van der Waals surface area contributed by atoms with Gasteiger partial charge in [0.05, 0.1) is 6.61 Å². The largest absolute Gasteiger partial charge is 0.367 e. The summed E-state index contributed by atoms with van der Waals surface area (Å²) in [5, 5.41) is 0. The van der Waals surface area contributed by atoms with Crippen molar-refractivity contribution >= 4 is 0 Å². The van der Waals surface area contributed by atoms with Gasteiger partial charge in [0.2, 0.25) is 0 Å². The van der Waals surface area contributed by atoms with Crippen LogP contribution in [-0.2, 0) is 11.2 Å². The summed E-state index contributed by atoms with van der Waals surface area (Å²) in [4.78, 5) is 21.5. The Morgan fingerprint density at radius 1 is 1.58 bits per heavy atom. The molecule has 0 amide bonds. The molecule has 1 aromatic rings. The van der Waals surface area contributed by atoms with Crippen LogP contribution in [0.15, 0.2) is 10.9 Å². The van der Waals surface area contributed by atoms with Gasteiger partial charge in [-0.1, -0.05) is 13.3 Å². The molecule has 0 aliphatic carbocycles. The van der Waals surface area contributed by atoms with Gasteiger partial charge in [0.25, 0.3) is 5.56 Å². The normalized spacial score (nSPS) is 27.4. The Labute approximate surface area is 113 Å². The molecule has 3 heterocycles. The molecule has 2 saturated heterocycles. The third-order valence-corrected chi connectivity index (χ3v) is 4.01. The number of aryl methyl sites for hydroxylation is 1. The van der Waals surface area contributed by atoms with Crippen LogP contribution < -0.4 is 5.56 Å². The van der Waals surface area contributed by atoms with E-state index in [9.17, 15) is 4.79 Å². The number of aromatic nitrogens is 2. The van der Waals surface area contributed by atoms with Crippen LogP contribution in [0.3, 0.4) is 0 Å². The van der Waals surface area contributed by atoms with Crippen molar-refractivity contribution in [3.05, 3.63) is 27.9 Å². The maximum Gasteiger partial charge on any atom is 0.251 e. The van der Waals surface area contributed by atoms with Crippen molar-refractivity contribution < 1.29 is 4.74 Å². The first kappa shape index (κ1) is 12.8. The van der Waals surface area contributed by atoms with Crippen LogP contribution in [0.4, 0.5) is 0 Å². The van der Waals surface area contributed by atoms with E-state index in [1.165, 1.54) is 12.8 Å². The van der Waals surface area contributed by atoms with Crippen molar-refractivity contribution in [1.82, 2.24) is 14.9 Å². The van der Waals surface area contributed by atoms with Gasteiger partial charge in [-0.3, -0.25) is 9.69 Å². The minimum atomic E-state index is -0.0844. The quantitative estimate of drug-likeness (QED) is 0.892. The Morgan fingerprint density at radius 3 is 3.32 bits per heavy atom. The Bertz CT molecular complexity index is 500. The number of nitrogens with one attached hydrogen (secondary N) is 1. The van der Waals surface area contributed by atoms with Crippen molar-refractivity contribution in [2.75, 3.05) is 19.7 Å². The number of rotatable bonds is 3. The fraction of sp³-hybridized carbons (Fsp3) is 0.714. The minimum Gasteiger partial charge on any atom is -0.367 e. The van der Waals surface area contributed by atoms with Crippen LogP contribution in [0.5, 0.6) is 0 Å². The Morgan fingerprint density at radius 2 is 2.47 bits per heavy atom. The number of ether oxygens (including phenoxy) is 1. The zero-order valence-corrected chi connectivity index (χ0v) is 11.4. The number of nitrogens with zero attached hydrogens (tertiary/aromatic N) is 2. The van der Waals surface area contributed by atoms with Crippen molar-refractivity contribution in [3.8, 4) is 0 Å². The lowest BCUT2D eigenvalue weighted by Crippen LogP contribution is -2.43. The fourth-order valence-corrected chi connectivity index (χ4v) is 3.05. The van der Waals surface area contributed by atoms with E-state index in [2.05, 4.69) is 21.8 Å². The van der Waals surface area contributed by atoms with Gasteiger partial charge in [0, 0.05) is 24.3 Å². The molecule has 0 aromatic carbocycles. The summed E-state index contributed by atoms with van der Waals surface area (Å²) < 4.78 is 5.89. The van der Waals surface area contributed by atoms with E-state index in [4.69, 9.17) is 4.74 Å². The molecule has 5 nitrogen and oxygen atoms in total. The lowest BCUT2D eigenvalue weighted by Gasteiger charge is -2.34. The van der Waals surface area contributed by atoms with E-state index in [1.807, 2.05) is 0 Å². The monoisotopic (exact) mass is 263 g/mol. The third kappa shape index (κ3) is 2.72. The first-order valence-corrected chi connectivity index (χ1v) is 7.22. The van der Waals surface area contributed by atoms with Gasteiger partial charge in [-0.15, -0.1) is 0 Å². The molecule has 0 radical (unpaired) electrons. The molecular formula is C14H21N3O2. The summed E-state index contributed by atoms with van der Waals surface area (Å²) in [6.45, 7) is 4.84. The molecule has 2 fully saturated rings. The van der Waals surface area contributed by atoms with E-state index in [0.717, 1.165) is 38.2 Å². The van der Waals surface area contributed by atoms with E-state index in [-0.39, 0.29) is 11.7 Å². The average molecular weight is 263 g/mol. The molecule has 2 aliphatic rings. The summed E-state index contributed by atoms with van der Waals surface area (Å²) in [5.74, 6) is 0.696. The van der Waals surface area contributed by atoms with E-state index >= 15 is 0 Å². The van der Waals surface area contributed by atoms with Gasteiger partial charge in [-0.05, 0) is 25.8 Å². The molecule has 0 bridgehead atoms. The Balaban J connectivity index is 1.79. The van der Waals surface area contributed by atoms with Crippen LogP contribution >= 0.6 is 0 Å². The highest BCUT2D eigenvalue weighted by Gasteiger charge is 2.33. The topological polar surface area (TPSA) is 58.2 Å². The second-order valence-electron chi connectivity index (χ2n) is 5.48. The van der Waals surface area contributed by atoms with Crippen molar-refractivity contribution in [1.29, 1.82) is 0 Å². The SMILES string of the molecule is CCCc1cc(=O)[nH]c(C2CN3CCCC3CO2)n1. The van der Waals surface area contributed by atoms with Gasteiger partial charge >= 0.3 is 0 Å². The standard InChI is InChI=1S/C14H21N3O2/c1-2-4-10-7-13(18)16-14(15-10)12-8-17-6-3-5-11(17)9-19-12/h7,11-12H,2-6,8-9H2,1H3,(H,15,16,18). The highest BCUT2D eigenvalue weighted by molar-refractivity contribution is 5.06. The lowest BCUT2D eigenvalue weighted by molar-refractivity contribution is -0.0543. The zero-order chi connectivity index (χ0) is 13.2. The lowest BCUT2D eigenvalue weighted by atomic mass is 10.1. The molecule has 104 valence electrons. The van der Waals surface area contributed by atoms with E-state index < -0.39 is 0 Å².